The third-order valence-electron chi connectivity index (χ3n) is 6.32. The molecule has 2 aliphatic heterocycles. The predicted molar refractivity (Wildman–Crippen MR) is 97.2 cm³/mol. The zero-order valence-corrected chi connectivity index (χ0v) is 16.5. The van der Waals surface area contributed by atoms with Crippen molar-refractivity contribution < 1.29 is 32.2 Å². The highest BCUT2D eigenvalue weighted by atomic mass is 19.4. The Balaban J connectivity index is 1.18. The number of halogens is 3. The number of likely N-dealkylation sites (tertiary alicyclic amines) is 1. The summed E-state index contributed by atoms with van der Waals surface area (Å²) in [6.45, 7) is 1.89. The van der Waals surface area contributed by atoms with Crippen molar-refractivity contribution in [2.45, 2.75) is 57.2 Å². The zero-order valence-electron chi connectivity index (χ0n) is 16.5. The summed E-state index contributed by atoms with van der Waals surface area (Å²) in [5, 5.41) is 6.71. The molecule has 1 aliphatic carbocycles. The number of ether oxygens (including phenoxy) is 2. The molecule has 0 radical (unpaired) electrons. The molecule has 1 aromatic heterocycles. The molecule has 0 unspecified atom stereocenters. The van der Waals surface area contributed by atoms with Crippen LogP contribution in [0.15, 0.2) is 12.1 Å². The Labute approximate surface area is 171 Å². The lowest BCUT2D eigenvalue weighted by Crippen LogP contribution is -2.60. The van der Waals surface area contributed by atoms with Crippen LogP contribution < -0.4 is 4.74 Å². The molecule has 3 heterocycles. The molecule has 1 amide bonds. The molecular formula is C20H24F3N3O4. The number of nitrogens with zero attached hydrogens (tertiary/aromatic N) is 3. The second-order valence-corrected chi connectivity index (χ2v) is 8.61. The molecule has 4 rings (SSSR count). The Kier molecular flexibility index (Phi) is 5.59. The molecule has 30 heavy (non-hydrogen) atoms. The smallest absolute Gasteiger partial charge is 0.435 e. The zero-order chi connectivity index (χ0) is 21.4. The fourth-order valence-electron chi connectivity index (χ4n) is 4.52. The van der Waals surface area contributed by atoms with Gasteiger partial charge in [-0.2, -0.15) is 13.2 Å². The van der Waals surface area contributed by atoms with E-state index in [-0.39, 0.29) is 35.2 Å². The predicted octanol–water partition coefficient (Wildman–Crippen LogP) is 2.99. The van der Waals surface area contributed by atoms with Crippen LogP contribution >= 0.6 is 0 Å². The fraction of sp³-hybridized carbons (Fsp3) is 0.700. The molecule has 1 saturated carbocycles. The van der Waals surface area contributed by atoms with Crippen molar-refractivity contribution in [3.63, 3.8) is 0 Å². The molecule has 1 spiro atoms. The minimum atomic E-state index is -4.52. The first-order valence-corrected chi connectivity index (χ1v) is 10.2. The van der Waals surface area contributed by atoms with E-state index in [2.05, 4.69) is 10.2 Å². The number of carbonyl (C=O) groups excluding carboxylic acids is 2. The number of carbonyl (C=O) groups is 2. The normalized spacial score (nSPS) is 23.9. The number of hydrogen-bond acceptors (Lipinski definition) is 6. The first-order valence-electron chi connectivity index (χ1n) is 10.2. The minimum Gasteiger partial charge on any atom is -0.473 e. The van der Waals surface area contributed by atoms with E-state index in [0.717, 1.165) is 44.8 Å². The Morgan fingerprint density at radius 3 is 2.53 bits per heavy atom. The maximum absolute atomic E-state index is 12.5. The first kappa shape index (κ1) is 20.9. The van der Waals surface area contributed by atoms with Gasteiger partial charge in [0.2, 0.25) is 11.8 Å². The number of amides is 1. The van der Waals surface area contributed by atoms with Crippen molar-refractivity contribution >= 4 is 11.9 Å². The summed E-state index contributed by atoms with van der Waals surface area (Å²) in [5.41, 5.74) is -0.919. The molecule has 7 nitrogen and oxygen atoms in total. The Hall–Kier alpha value is -2.39. The molecule has 0 N–H and O–H groups in total. The van der Waals surface area contributed by atoms with Gasteiger partial charge >= 0.3 is 12.1 Å². The van der Waals surface area contributed by atoms with Gasteiger partial charge in [-0.15, -0.1) is 10.2 Å². The van der Waals surface area contributed by atoms with E-state index in [4.69, 9.17) is 9.47 Å². The summed E-state index contributed by atoms with van der Waals surface area (Å²) >= 11 is 0. The summed E-state index contributed by atoms with van der Waals surface area (Å²) in [6.07, 6.45) is 0.250. The van der Waals surface area contributed by atoms with E-state index in [0.29, 0.717) is 25.9 Å². The van der Waals surface area contributed by atoms with Crippen molar-refractivity contribution in [2.75, 3.05) is 19.7 Å². The van der Waals surface area contributed by atoms with Gasteiger partial charge in [0.05, 0.1) is 13.0 Å². The lowest BCUT2D eigenvalue weighted by molar-refractivity contribution is -0.147. The topological polar surface area (TPSA) is 81.6 Å². The molecule has 1 atom stereocenters. The maximum atomic E-state index is 12.5. The monoisotopic (exact) mass is 427 g/mol. The standard InChI is InChI=1S/C20H24F3N3O4/c21-20(22,23)15-2-3-16(25-24-15)30-14-5-7-19(8-6-14)11-26(12-19)17(27)4-1-13-9-18(28)29-10-13/h2-3,13-14H,1,4-12H2/t13-/m0/s1. The Morgan fingerprint density at radius 1 is 1.23 bits per heavy atom. The van der Waals surface area contributed by atoms with Gasteiger partial charge in [-0.3, -0.25) is 9.59 Å². The largest absolute Gasteiger partial charge is 0.473 e. The van der Waals surface area contributed by atoms with Crippen molar-refractivity contribution in [3.8, 4) is 5.88 Å². The first-order chi connectivity index (χ1) is 14.2. The van der Waals surface area contributed by atoms with Gasteiger partial charge < -0.3 is 14.4 Å². The minimum absolute atomic E-state index is 0.101. The van der Waals surface area contributed by atoms with Gasteiger partial charge in [-0.1, -0.05) is 0 Å². The molecule has 2 saturated heterocycles. The summed E-state index contributed by atoms with van der Waals surface area (Å²) in [6, 6.07) is 2.07. The Morgan fingerprint density at radius 2 is 1.97 bits per heavy atom. The molecule has 0 aromatic carbocycles. The van der Waals surface area contributed by atoms with Crippen LogP contribution in [0.4, 0.5) is 13.2 Å². The third-order valence-corrected chi connectivity index (χ3v) is 6.32. The van der Waals surface area contributed by atoms with Crippen LogP contribution in [0, 0.1) is 11.3 Å². The van der Waals surface area contributed by atoms with Crippen molar-refractivity contribution in [2.24, 2.45) is 11.3 Å². The van der Waals surface area contributed by atoms with E-state index in [9.17, 15) is 22.8 Å². The van der Waals surface area contributed by atoms with Crippen LogP contribution in [0.2, 0.25) is 0 Å². The summed E-state index contributed by atoms with van der Waals surface area (Å²) in [5.74, 6) is 0.191. The maximum Gasteiger partial charge on any atom is 0.435 e. The van der Waals surface area contributed by atoms with Gasteiger partial charge in [0.25, 0.3) is 0 Å². The van der Waals surface area contributed by atoms with Crippen LogP contribution in [-0.2, 0) is 20.5 Å². The summed E-state index contributed by atoms with van der Waals surface area (Å²) < 4.78 is 48.3. The van der Waals surface area contributed by atoms with E-state index in [1.165, 1.54) is 6.07 Å². The second-order valence-electron chi connectivity index (χ2n) is 8.61. The molecule has 3 aliphatic rings. The quantitative estimate of drug-likeness (QED) is 0.672. The lowest BCUT2D eigenvalue weighted by Gasteiger charge is -2.53. The van der Waals surface area contributed by atoms with Gasteiger partial charge in [-0.25, -0.2) is 0 Å². The third kappa shape index (κ3) is 4.67. The molecular weight excluding hydrogens is 403 g/mol. The van der Waals surface area contributed by atoms with Crippen LogP contribution in [-0.4, -0.2) is 52.8 Å². The highest BCUT2D eigenvalue weighted by Gasteiger charge is 2.47. The second kappa shape index (κ2) is 8.03. The number of esters is 1. The highest BCUT2D eigenvalue weighted by molar-refractivity contribution is 5.77. The number of alkyl halides is 3. The van der Waals surface area contributed by atoms with Crippen molar-refractivity contribution in [3.05, 3.63) is 17.8 Å². The number of cyclic esters (lactones) is 1. The van der Waals surface area contributed by atoms with E-state index in [1.807, 2.05) is 4.90 Å². The number of hydrogen-bond donors (Lipinski definition) is 0. The van der Waals surface area contributed by atoms with Crippen molar-refractivity contribution in [1.82, 2.24) is 15.1 Å². The van der Waals surface area contributed by atoms with Gasteiger partial charge in [0.1, 0.15) is 6.10 Å². The van der Waals surface area contributed by atoms with Crippen LogP contribution in [0.25, 0.3) is 0 Å². The average Bonchev–Trinajstić information content (AvgIpc) is 3.10. The van der Waals surface area contributed by atoms with Gasteiger partial charge in [0, 0.05) is 36.9 Å². The summed E-state index contributed by atoms with van der Waals surface area (Å²) in [7, 11) is 0. The molecule has 164 valence electrons. The molecule has 1 aromatic rings. The highest BCUT2D eigenvalue weighted by Crippen LogP contribution is 2.45. The van der Waals surface area contributed by atoms with Gasteiger partial charge in [0.15, 0.2) is 5.69 Å². The molecule has 3 fully saturated rings. The average molecular weight is 427 g/mol. The fourth-order valence-corrected chi connectivity index (χ4v) is 4.52. The van der Waals surface area contributed by atoms with E-state index < -0.39 is 11.9 Å². The SMILES string of the molecule is O=C1C[C@H](CCC(=O)N2CC3(CCC(Oc4ccc(C(F)(F)F)nn4)CC3)C2)CO1. The van der Waals surface area contributed by atoms with E-state index in [1.54, 1.807) is 0 Å². The Bertz CT molecular complexity index is 783. The molecule has 10 heteroatoms. The van der Waals surface area contributed by atoms with Crippen LogP contribution in [0.1, 0.15) is 50.6 Å². The van der Waals surface area contributed by atoms with Crippen molar-refractivity contribution in [1.29, 1.82) is 0 Å². The lowest BCUT2D eigenvalue weighted by atomic mass is 9.68. The number of aromatic nitrogens is 2. The number of rotatable bonds is 5. The van der Waals surface area contributed by atoms with Gasteiger partial charge in [-0.05, 0) is 38.2 Å². The van der Waals surface area contributed by atoms with Crippen LogP contribution in [0.5, 0.6) is 5.88 Å². The van der Waals surface area contributed by atoms with Crippen LogP contribution in [0.3, 0.4) is 0 Å². The molecule has 0 bridgehead atoms. The summed E-state index contributed by atoms with van der Waals surface area (Å²) in [4.78, 5) is 25.4. The van der Waals surface area contributed by atoms with E-state index >= 15 is 0 Å².